The molecule has 0 saturated carbocycles. The predicted octanol–water partition coefficient (Wildman–Crippen LogP) is 0.221. The van der Waals surface area contributed by atoms with Gasteiger partial charge >= 0.3 is 11.9 Å². The van der Waals surface area contributed by atoms with Crippen LogP contribution in [-0.4, -0.2) is 68.6 Å². The monoisotopic (exact) mass is 465 g/mol. The average molecular weight is 465 g/mol. The van der Waals surface area contributed by atoms with E-state index in [0.29, 0.717) is 10.8 Å². The van der Waals surface area contributed by atoms with Gasteiger partial charge in [-0.25, -0.2) is 0 Å². The molecule has 2 rings (SSSR count). The van der Waals surface area contributed by atoms with E-state index in [2.05, 4.69) is 10.6 Å². The largest absolute Gasteiger partial charge is 0.507 e. The van der Waals surface area contributed by atoms with Crippen LogP contribution in [0, 0.1) is 0 Å². The fraction of sp³-hybridized carbons (Fsp3) is 0.300. The van der Waals surface area contributed by atoms with Gasteiger partial charge in [-0.05, 0) is 12.5 Å². The SMILES string of the molecule is N[C@@H](CCC(=O)N[C@@H](CSc1cc(O)c2ccccc2c1O)C(=O)NCC(=O)O)C(=O)O. The van der Waals surface area contributed by atoms with Gasteiger partial charge in [0.05, 0.1) is 4.90 Å². The summed E-state index contributed by atoms with van der Waals surface area (Å²) in [4.78, 5) is 46.3. The lowest BCUT2D eigenvalue weighted by Gasteiger charge is -2.19. The molecule has 0 radical (unpaired) electrons. The Bertz CT molecular complexity index is 1030. The lowest BCUT2D eigenvalue weighted by molar-refractivity contribution is -0.139. The van der Waals surface area contributed by atoms with Gasteiger partial charge in [-0.3, -0.25) is 19.2 Å². The van der Waals surface area contributed by atoms with Crippen LogP contribution in [0.5, 0.6) is 11.5 Å². The molecule has 0 unspecified atom stereocenters. The number of carbonyl (C=O) groups is 4. The molecule has 2 aromatic carbocycles. The van der Waals surface area contributed by atoms with Crippen molar-refractivity contribution in [3.8, 4) is 11.5 Å². The van der Waals surface area contributed by atoms with E-state index in [-0.39, 0.29) is 35.0 Å². The molecule has 0 heterocycles. The van der Waals surface area contributed by atoms with Crippen molar-refractivity contribution >= 4 is 46.3 Å². The van der Waals surface area contributed by atoms with Gasteiger partial charge in [0.25, 0.3) is 0 Å². The number of nitrogens with one attached hydrogen (secondary N) is 2. The molecule has 0 aliphatic heterocycles. The molecule has 0 aromatic heterocycles. The molecule has 8 N–H and O–H groups in total. The van der Waals surface area contributed by atoms with Crippen LogP contribution in [0.3, 0.4) is 0 Å². The predicted molar refractivity (Wildman–Crippen MR) is 115 cm³/mol. The topological polar surface area (TPSA) is 199 Å². The molecular formula is C20H23N3O8S. The molecule has 12 heteroatoms. The molecule has 172 valence electrons. The van der Waals surface area contributed by atoms with Crippen molar-refractivity contribution in [2.75, 3.05) is 12.3 Å². The maximum atomic E-state index is 12.4. The Morgan fingerprint density at radius 3 is 2.34 bits per heavy atom. The zero-order valence-corrected chi connectivity index (χ0v) is 17.6. The lowest BCUT2D eigenvalue weighted by Crippen LogP contribution is -2.49. The Kier molecular flexibility index (Phi) is 8.67. The van der Waals surface area contributed by atoms with Gasteiger partial charge in [0.15, 0.2) is 0 Å². The van der Waals surface area contributed by atoms with Crippen molar-refractivity contribution in [1.29, 1.82) is 0 Å². The third kappa shape index (κ3) is 6.75. The van der Waals surface area contributed by atoms with E-state index in [4.69, 9.17) is 15.9 Å². The van der Waals surface area contributed by atoms with Gasteiger partial charge in [0, 0.05) is 22.9 Å². The molecule has 0 bridgehead atoms. The number of hydrogen-bond donors (Lipinski definition) is 7. The van der Waals surface area contributed by atoms with Gasteiger partial charge in [0.1, 0.15) is 30.1 Å². The Balaban J connectivity index is 2.14. The van der Waals surface area contributed by atoms with Crippen molar-refractivity contribution < 1.29 is 39.6 Å². The molecule has 0 fully saturated rings. The second kappa shape index (κ2) is 11.2. The summed E-state index contributed by atoms with van der Waals surface area (Å²) < 4.78 is 0. The average Bonchev–Trinajstić information content (AvgIpc) is 2.76. The van der Waals surface area contributed by atoms with Crippen molar-refractivity contribution in [2.24, 2.45) is 5.73 Å². The first-order valence-electron chi connectivity index (χ1n) is 9.43. The highest BCUT2D eigenvalue weighted by Gasteiger charge is 2.23. The molecule has 0 spiro atoms. The standard InChI is InChI=1S/C20H23N3O8S/c21-12(20(30)31)5-6-16(25)23-13(19(29)22-8-17(26)27)9-32-15-7-14(24)10-3-1-2-4-11(10)18(15)28/h1-4,7,12-13,24,28H,5-6,8-9,21H2,(H,22,29)(H,23,25)(H,26,27)(H,30,31)/t12-,13-/m0/s1. The molecule has 2 atom stereocenters. The lowest BCUT2D eigenvalue weighted by atomic mass is 10.1. The van der Waals surface area contributed by atoms with E-state index in [1.165, 1.54) is 6.07 Å². The van der Waals surface area contributed by atoms with E-state index >= 15 is 0 Å². The molecule has 0 saturated heterocycles. The van der Waals surface area contributed by atoms with E-state index in [9.17, 15) is 29.4 Å². The first kappa shape index (κ1) is 24.8. The number of benzene rings is 2. The number of nitrogens with two attached hydrogens (primary N) is 1. The van der Waals surface area contributed by atoms with Crippen LogP contribution in [0.1, 0.15) is 12.8 Å². The number of carboxylic acid groups (broad SMARTS) is 2. The van der Waals surface area contributed by atoms with E-state index in [1.807, 2.05) is 0 Å². The second-order valence-corrected chi connectivity index (χ2v) is 7.88. The van der Waals surface area contributed by atoms with Gasteiger partial charge in [-0.15, -0.1) is 11.8 Å². The van der Waals surface area contributed by atoms with Gasteiger partial charge < -0.3 is 36.8 Å². The summed E-state index contributed by atoms with van der Waals surface area (Å²) in [5.41, 5.74) is 5.37. The number of aliphatic carboxylic acids is 2. The number of fused-ring (bicyclic) bond motifs is 1. The number of phenolic OH excluding ortho intramolecular Hbond substituents is 2. The minimum absolute atomic E-state index is 0.0838. The summed E-state index contributed by atoms with van der Waals surface area (Å²) in [5, 5.41) is 43.7. The van der Waals surface area contributed by atoms with E-state index < -0.39 is 42.4 Å². The normalized spacial score (nSPS) is 12.7. The van der Waals surface area contributed by atoms with Gasteiger partial charge in [-0.2, -0.15) is 0 Å². The summed E-state index contributed by atoms with van der Waals surface area (Å²) in [7, 11) is 0. The fourth-order valence-electron chi connectivity index (χ4n) is 2.74. The van der Waals surface area contributed by atoms with Gasteiger partial charge in [-0.1, -0.05) is 24.3 Å². The highest BCUT2D eigenvalue weighted by Crippen LogP contribution is 2.40. The van der Waals surface area contributed by atoms with Crippen LogP contribution in [0.15, 0.2) is 35.2 Å². The Labute approximate surface area is 186 Å². The van der Waals surface area contributed by atoms with Crippen molar-refractivity contribution in [3.05, 3.63) is 30.3 Å². The third-order valence-electron chi connectivity index (χ3n) is 4.43. The second-order valence-electron chi connectivity index (χ2n) is 6.81. The first-order valence-corrected chi connectivity index (χ1v) is 10.4. The first-order chi connectivity index (χ1) is 15.1. The van der Waals surface area contributed by atoms with Crippen molar-refractivity contribution in [1.82, 2.24) is 10.6 Å². The summed E-state index contributed by atoms with van der Waals surface area (Å²) >= 11 is 0.966. The molecule has 11 nitrogen and oxygen atoms in total. The van der Waals surface area contributed by atoms with E-state index in [1.54, 1.807) is 24.3 Å². The quantitative estimate of drug-likeness (QED) is 0.178. The van der Waals surface area contributed by atoms with Crippen LogP contribution >= 0.6 is 11.8 Å². The Morgan fingerprint density at radius 1 is 1.06 bits per heavy atom. The van der Waals surface area contributed by atoms with Crippen LogP contribution in [0.2, 0.25) is 0 Å². The minimum atomic E-state index is -1.28. The zero-order valence-electron chi connectivity index (χ0n) is 16.8. The minimum Gasteiger partial charge on any atom is -0.507 e. The molecule has 2 aromatic rings. The number of carboxylic acids is 2. The van der Waals surface area contributed by atoms with Crippen molar-refractivity contribution in [2.45, 2.75) is 29.8 Å². The summed E-state index contributed by atoms with van der Waals surface area (Å²) in [6.45, 7) is -0.665. The Morgan fingerprint density at radius 2 is 1.72 bits per heavy atom. The van der Waals surface area contributed by atoms with Crippen LogP contribution < -0.4 is 16.4 Å². The molecule has 0 aliphatic rings. The molecule has 32 heavy (non-hydrogen) atoms. The van der Waals surface area contributed by atoms with Crippen LogP contribution in [0.25, 0.3) is 10.8 Å². The van der Waals surface area contributed by atoms with Gasteiger partial charge in [0.2, 0.25) is 11.8 Å². The number of rotatable bonds is 11. The number of thioether (sulfide) groups is 1. The number of amides is 2. The van der Waals surface area contributed by atoms with Crippen molar-refractivity contribution in [3.63, 3.8) is 0 Å². The fourth-order valence-corrected chi connectivity index (χ4v) is 3.77. The number of carbonyl (C=O) groups excluding carboxylic acids is 2. The third-order valence-corrected chi connectivity index (χ3v) is 5.55. The van der Waals surface area contributed by atoms with Crippen LogP contribution in [0.4, 0.5) is 0 Å². The number of phenols is 2. The highest BCUT2D eigenvalue weighted by atomic mass is 32.2. The summed E-state index contributed by atoms with van der Waals surface area (Å²) in [5.74, 6) is -4.28. The smallest absolute Gasteiger partial charge is 0.322 e. The number of aromatic hydroxyl groups is 2. The van der Waals surface area contributed by atoms with E-state index in [0.717, 1.165) is 11.8 Å². The summed E-state index contributed by atoms with van der Waals surface area (Å²) in [6.07, 6.45) is -0.417. The molecule has 0 aliphatic carbocycles. The molecule has 2 amide bonds. The van der Waals surface area contributed by atoms with Crippen LogP contribution in [-0.2, 0) is 19.2 Å². The highest BCUT2D eigenvalue weighted by molar-refractivity contribution is 7.99. The molecular weight excluding hydrogens is 442 g/mol. The zero-order chi connectivity index (χ0) is 23.8. The number of hydrogen-bond acceptors (Lipinski definition) is 8. The summed E-state index contributed by atoms with van der Waals surface area (Å²) in [6, 6.07) is 5.50. The maximum absolute atomic E-state index is 12.4. The maximum Gasteiger partial charge on any atom is 0.322 e. The Hall–Kier alpha value is -3.51.